The molecule has 0 spiro atoms. The molecule has 1 aromatic carbocycles. The van der Waals surface area contributed by atoms with Crippen molar-refractivity contribution in [2.45, 2.75) is 25.9 Å². The average molecular weight is 271 g/mol. The van der Waals surface area contributed by atoms with Gasteiger partial charge in [0.05, 0.1) is 5.69 Å². The summed E-state index contributed by atoms with van der Waals surface area (Å²) in [6.07, 6.45) is 4.33. The number of hydrogen-bond donors (Lipinski definition) is 1. The van der Waals surface area contributed by atoms with Gasteiger partial charge in [0.25, 0.3) is 0 Å². The van der Waals surface area contributed by atoms with Crippen LogP contribution in [-0.4, -0.2) is 29.5 Å². The first-order valence-corrected chi connectivity index (χ1v) is 7.27. The van der Waals surface area contributed by atoms with Crippen LogP contribution in [0.4, 0.5) is 0 Å². The van der Waals surface area contributed by atoms with Gasteiger partial charge in [0.2, 0.25) is 0 Å². The molecule has 0 aliphatic carbocycles. The van der Waals surface area contributed by atoms with Crippen molar-refractivity contribution < 1.29 is 4.42 Å². The van der Waals surface area contributed by atoms with Crippen molar-refractivity contribution >= 4 is 0 Å². The van der Waals surface area contributed by atoms with E-state index in [1.54, 1.807) is 6.26 Å². The van der Waals surface area contributed by atoms with Crippen LogP contribution in [0.1, 0.15) is 29.8 Å². The number of nitrogens with zero attached hydrogens (tertiary/aromatic N) is 2. The van der Waals surface area contributed by atoms with E-state index in [0.717, 1.165) is 38.3 Å². The zero-order chi connectivity index (χ0) is 13.8. The van der Waals surface area contributed by atoms with Gasteiger partial charge in [-0.3, -0.25) is 4.90 Å². The molecule has 0 radical (unpaired) electrons. The van der Waals surface area contributed by atoms with Crippen molar-refractivity contribution in [2.75, 3.05) is 19.6 Å². The normalized spacial score (nSPS) is 20.1. The number of hydrogen-bond acceptors (Lipinski definition) is 4. The van der Waals surface area contributed by atoms with Gasteiger partial charge < -0.3 is 9.73 Å². The van der Waals surface area contributed by atoms with E-state index in [0.29, 0.717) is 6.04 Å². The average Bonchev–Trinajstić information content (AvgIpc) is 3.01. The predicted octanol–water partition coefficient (Wildman–Crippen LogP) is 2.38. The minimum atomic E-state index is 0.409. The van der Waals surface area contributed by atoms with Crippen LogP contribution in [0, 0.1) is 0 Å². The maximum Gasteiger partial charge on any atom is 0.180 e. The largest absolute Gasteiger partial charge is 0.451 e. The lowest BCUT2D eigenvalue weighted by molar-refractivity contribution is 0.152. The van der Waals surface area contributed by atoms with Crippen molar-refractivity contribution in [3.63, 3.8) is 0 Å². The Labute approximate surface area is 119 Å². The maximum atomic E-state index is 5.07. The molecular weight excluding hydrogens is 250 g/mol. The predicted molar refractivity (Wildman–Crippen MR) is 78.3 cm³/mol. The number of benzene rings is 1. The molecular formula is C16H21N3O. The molecule has 2 aromatic rings. The fourth-order valence-electron chi connectivity index (χ4n) is 2.76. The summed E-state index contributed by atoms with van der Waals surface area (Å²) in [7, 11) is 0. The number of rotatable bonds is 4. The van der Waals surface area contributed by atoms with Gasteiger partial charge in [-0.1, -0.05) is 31.2 Å². The summed E-state index contributed by atoms with van der Waals surface area (Å²) < 4.78 is 5.07. The van der Waals surface area contributed by atoms with Crippen molar-refractivity contribution in [1.82, 2.24) is 15.2 Å². The van der Waals surface area contributed by atoms with Crippen molar-refractivity contribution in [1.29, 1.82) is 0 Å². The van der Waals surface area contributed by atoms with Gasteiger partial charge >= 0.3 is 0 Å². The third kappa shape index (κ3) is 2.92. The van der Waals surface area contributed by atoms with E-state index >= 15 is 0 Å². The Morgan fingerprint density at radius 1 is 1.35 bits per heavy atom. The lowest BCUT2D eigenvalue weighted by Gasteiger charge is -2.36. The fraction of sp³-hybridized carbons (Fsp3) is 0.438. The van der Waals surface area contributed by atoms with Crippen LogP contribution in [0.15, 0.2) is 41.3 Å². The van der Waals surface area contributed by atoms with Crippen molar-refractivity contribution in [3.05, 3.63) is 53.7 Å². The standard InChI is InChI=1S/C16H21N3O/c1-2-13-3-5-14(6-4-13)16-9-17-7-8-19(16)10-15-11-20-12-18-15/h3-6,11-12,16-17H,2,7-10H2,1H3. The lowest BCUT2D eigenvalue weighted by Crippen LogP contribution is -2.45. The topological polar surface area (TPSA) is 41.3 Å². The zero-order valence-corrected chi connectivity index (χ0v) is 11.9. The number of piperazine rings is 1. The molecule has 1 aliphatic rings. The second kappa shape index (κ2) is 6.20. The van der Waals surface area contributed by atoms with E-state index in [-0.39, 0.29) is 0 Å². The molecule has 1 aromatic heterocycles. The van der Waals surface area contributed by atoms with E-state index in [9.17, 15) is 0 Å². The number of nitrogens with one attached hydrogen (secondary N) is 1. The molecule has 4 nitrogen and oxygen atoms in total. The van der Waals surface area contributed by atoms with Crippen LogP contribution in [0.2, 0.25) is 0 Å². The Kier molecular flexibility index (Phi) is 4.14. The third-order valence-corrected chi connectivity index (χ3v) is 3.98. The van der Waals surface area contributed by atoms with Crippen molar-refractivity contribution in [2.24, 2.45) is 0 Å². The van der Waals surface area contributed by atoms with Gasteiger partial charge in [0.15, 0.2) is 6.39 Å². The van der Waals surface area contributed by atoms with Crippen LogP contribution in [0.25, 0.3) is 0 Å². The van der Waals surface area contributed by atoms with Gasteiger partial charge in [0.1, 0.15) is 6.26 Å². The highest BCUT2D eigenvalue weighted by Crippen LogP contribution is 2.24. The summed E-state index contributed by atoms with van der Waals surface area (Å²) in [6.45, 7) is 6.09. The Morgan fingerprint density at radius 2 is 2.20 bits per heavy atom. The molecule has 2 heterocycles. The Morgan fingerprint density at radius 3 is 2.90 bits per heavy atom. The molecule has 0 saturated carbocycles. The highest BCUT2D eigenvalue weighted by atomic mass is 16.3. The van der Waals surface area contributed by atoms with E-state index in [1.165, 1.54) is 17.5 Å². The Bertz CT molecular complexity index is 521. The summed E-state index contributed by atoms with van der Waals surface area (Å²) in [5, 5.41) is 3.49. The molecule has 4 heteroatoms. The van der Waals surface area contributed by atoms with Gasteiger partial charge in [-0.25, -0.2) is 4.98 Å². The van der Waals surface area contributed by atoms with E-state index in [1.807, 2.05) is 0 Å². The van der Waals surface area contributed by atoms with E-state index < -0.39 is 0 Å². The smallest absolute Gasteiger partial charge is 0.180 e. The number of aromatic nitrogens is 1. The van der Waals surface area contributed by atoms with Gasteiger partial charge in [0, 0.05) is 32.2 Å². The molecule has 1 unspecified atom stereocenters. The maximum absolute atomic E-state index is 5.07. The van der Waals surface area contributed by atoms with Crippen LogP contribution < -0.4 is 5.32 Å². The molecule has 106 valence electrons. The first-order valence-electron chi connectivity index (χ1n) is 7.27. The zero-order valence-electron chi connectivity index (χ0n) is 11.9. The first-order chi connectivity index (χ1) is 9.86. The molecule has 0 bridgehead atoms. The van der Waals surface area contributed by atoms with Crippen LogP contribution in [-0.2, 0) is 13.0 Å². The molecule has 1 N–H and O–H groups in total. The third-order valence-electron chi connectivity index (χ3n) is 3.98. The summed E-state index contributed by atoms with van der Waals surface area (Å²) in [4.78, 5) is 6.70. The monoisotopic (exact) mass is 271 g/mol. The molecule has 20 heavy (non-hydrogen) atoms. The first kappa shape index (κ1) is 13.3. The summed E-state index contributed by atoms with van der Waals surface area (Å²) in [5.41, 5.74) is 3.76. The summed E-state index contributed by atoms with van der Waals surface area (Å²) >= 11 is 0. The highest BCUT2D eigenvalue weighted by Gasteiger charge is 2.24. The Hall–Kier alpha value is -1.65. The van der Waals surface area contributed by atoms with E-state index in [2.05, 4.69) is 46.4 Å². The van der Waals surface area contributed by atoms with Crippen molar-refractivity contribution in [3.8, 4) is 0 Å². The van der Waals surface area contributed by atoms with Gasteiger partial charge in [-0.2, -0.15) is 0 Å². The molecule has 1 atom stereocenters. The molecule has 1 aliphatic heterocycles. The van der Waals surface area contributed by atoms with Gasteiger partial charge in [-0.05, 0) is 17.5 Å². The number of oxazole rings is 1. The fourth-order valence-corrected chi connectivity index (χ4v) is 2.76. The van der Waals surface area contributed by atoms with Gasteiger partial charge in [-0.15, -0.1) is 0 Å². The second-order valence-electron chi connectivity index (χ2n) is 5.27. The summed E-state index contributed by atoms with van der Waals surface area (Å²) in [5.74, 6) is 0. The quantitative estimate of drug-likeness (QED) is 0.927. The molecule has 1 saturated heterocycles. The minimum Gasteiger partial charge on any atom is -0.451 e. The SMILES string of the molecule is CCc1ccc(C2CNCCN2Cc2cocn2)cc1. The second-order valence-corrected chi connectivity index (χ2v) is 5.27. The molecule has 3 rings (SSSR count). The van der Waals surface area contributed by atoms with Crippen LogP contribution >= 0.6 is 0 Å². The van der Waals surface area contributed by atoms with Crippen LogP contribution in [0.5, 0.6) is 0 Å². The number of aryl methyl sites for hydroxylation is 1. The molecule has 0 amide bonds. The lowest BCUT2D eigenvalue weighted by atomic mass is 10.0. The van der Waals surface area contributed by atoms with Crippen LogP contribution in [0.3, 0.4) is 0 Å². The minimum absolute atomic E-state index is 0.409. The summed E-state index contributed by atoms with van der Waals surface area (Å²) in [6, 6.07) is 9.39. The molecule has 1 fully saturated rings. The highest BCUT2D eigenvalue weighted by molar-refractivity contribution is 5.26. The van der Waals surface area contributed by atoms with E-state index in [4.69, 9.17) is 4.42 Å². The Balaban J connectivity index is 1.77.